The number of hydrogen-bond donors (Lipinski definition) is 2. The number of hydrogen-bond acceptors (Lipinski definition) is 4. The molecule has 1 aromatic rings. The zero-order chi connectivity index (χ0) is 11.4. The molecule has 1 unspecified atom stereocenters. The Hall–Kier alpha value is -1.01. The van der Waals surface area contributed by atoms with E-state index in [2.05, 4.69) is 15.3 Å². The maximum Gasteiger partial charge on any atom is 0.160 e. The quantitative estimate of drug-likeness (QED) is 0.762. The molecule has 0 aromatic carbocycles. The molecule has 1 aromatic heterocycles. The van der Waals surface area contributed by atoms with Crippen LogP contribution in [0.25, 0.3) is 0 Å². The first-order chi connectivity index (χ1) is 6.99. The first kappa shape index (κ1) is 12.1. The molecule has 1 rings (SSSR count). The summed E-state index contributed by atoms with van der Waals surface area (Å²) in [7, 11) is 0. The van der Waals surface area contributed by atoms with Crippen molar-refractivity contribution in [2.75, 3.05) is 5.32 Å². The largest absolute Gasteiger partial charge is 0.368 e. The minimum atomic E-state index is -1.90. The highest BCUT2D eigenvalue weighted by Crippen LogP contribution is 2.11. The fourth-order valence-corrected chi connectivity index (χ4v) is 1.44. The van der Waals surface area contributed by atoms with Crippen LogP contribution in [-0.2, 0) is 16.8 Å². The molecule has 1 heterocycles. The van der Waals surface area contributed by atoms with E-state index in [1.54, 1.807) is 6.20 Å². The predicted molar refractivity (Wildman–Crippen MR) is 60.0 cm³/mol. The van der Waals surface area contributed by atoms with Crippen molar-refractivity contribution >= 4 is 16.9 Å². The molecule has 0 radical (unpaired) electrons. The van der Waals surface area contributed by atoms with Gasteiger partial charge < -0.3 is 9.87 Å². The van der Waals surface area contributed by atoms with Gasteiger partial charge in [0.2, 0.25) is 0 Å². The van der Waals surface area contributed by atoms with Gasteiger partial charge in [0.1, 0.15) is 17.4 Å². The summed E-state index contributed by atoms with van der Waals surface area (Å²) in [6.07, 6.45) is 1.65. The molecule has 0 aliphatic rings. The van der Waals surface area contributed by atoms with E-state index in [0.717, 1.165) is 11.4 Å². The summed E-state index contributed by atoms with van der Waals surface area (Å²) in [5.41, 5.74) is 0.927. The molecule has 1 atom stereocenters. The fraction of sp³-hybridized carbons (Fsp3) is 0.556. The highest BCUT2D eigenvalue weighted by atomic mass is 32.2. The van der Waals surface area contributed by atoms with Crippen molar-refractivity contribution in [1.82, 2.24) is 9.97 Å². The second-order valence-corrected chi connectivity index (χ2v) is 4.51. The van der Waals surface area contributed by atoms with Crippen LogP contribution in [0.15, 0.2) is 6.20 Å². The number of nitrogens with one attached hydrogen (secondary N) is 1. The van der Waals surface area contributed by atoms with E-state index in [-0.39, 0.29) is 11.8 Å². The zero-order valence-corrected chi connectivity index (χ0v) is 9.84. The summed E-state index contributed by atoms with van der Waals surface area (Å²) in [6, 6.07) is 0.270. The molecule has 0 spiro atoms. The van der Waals surface area contributed by atoms with Crippen LogP contribution in [0.1, 0.15) is 25.2 Å². The van der Waals surface area contributed by atoms with Gasteiger partial charge in [-0.3, -0.25) is 0 Å². The smallest absolute Gasteiger partial charge is 0.160 e. The van der Waals surface area contributed by atoms with Gasteiger partial charge in [-0.25, -0.2) is 14.2 Å². The van der Waals surface area contributed by atoms with E-state index in [1.165, 1.54) is 0 Å². The van der Waals surface area contributed by atoms with Gasteiger partial charge in [0.05, 0.1) is 0 Å². The summed E-state index contributed by atoms with van der Waals surface area (Å²) in [4.78, 5) is 8.16. The van der Waals surface area contributed by atoms with Crippen molar-refractivity contribution in [3.05, 3.63) is 17.6 Å². The van der Waals surface area contributed by atoms with Gasteiger partial charge in [0, 0.05) is 17.8 Å². The molecule has 0 aliphatic carbocycles. The summed E-state index contributed by atoms with van der Waals surface area (Å²) < 4.78 is 19.3. The molecule has 0 bridgehead atoms. The van der Waals surface area contributed by atoms with Crippen molar-refractivity contribution in [3.8, 4) is 0 Å². The average Bonchev–Trinajstić information content (AvgIpc) is 2.09. The first-order valence-electron chi connectivity index (χ1n) is 4.65. The summed E-state index contributed by atoms with van der Waals surface area (Å²) in [5, 5.41) is 3.15. The molecule has 84 valence electrons. The van der Waals surface area contributed by atoms with Gasteiger partial charge >= 0.3 is 0 Å². The van der Waals surface area contributed by atoms with E-state index in [0.29, 0.717) is 5.82 Å². The Bertz CT molecular complexity index is 368. The van der Waals surface area contributed by atoms with Crippen molar-refractivity contribution in [3.63, 3.8) is 0 Å². The Kier molecular flexibility index (Phi) is 4.16. The van der Waals surface area contributed by atoms with Gasteiger partial charge in [-0.1, -0.05) is 0 Å². The van der Waals surface area contributed by atoms with Gasteiger partial charge in [-0.15, -0.1) is 0 Å². The Morgan fingerprint density at radius 1 is 1.60 bits per heavy atom. The van der Waals surface area contributed by atoms with Gasteiger partial charge in [-0.05, 0) is 20.8 Å². The first-order valence-corrected chi connectivity index (χ1v) is 5.93. The SMILES string of the molecule is Cc1cnc(CS(=O)O)nc1NC(C)C. The molecule has 15 heavy (non-hydrogen) atoms. The van der Waals surface area contributed by atoms with Gasteiger partial charge in [-0.2, -0.15) is 0 Å². The third-order valence-electron chi connectivity index (χ3n) is 1.70. The van der Waals surface area contributed by atoms with Crippen LogP contribution < -0.4 is 5.32 Å². The average molecular weight is 229 g/mol. The molecule has 0 saturated heterocycles. The predicted octanol–water partition coefficient (Wildman–Crippen LogP) is 1.33. The molecule has 0 saturated carbocycles. The van der Waals surface area contributed by atoms with Crippen LogP contribution in [0.4, 0.5) is 5.82 Å². The van der Waals surface area contributed by atoms with Crippen LogP contribution >= 0.6 is 0 Å². The molecular weight excluding hydrogens is 214 g/mol. The highest BCUT2D eigenvalue weighted by molar-refractivity contribution is 7.78. The van der Waals surface area contributed by atoms with Crippen LogP contribution in [-0.4, -0.2) is 24.8 Å². The molecule has 0 fully saturated rings. The van der Waals surface area contributed by atoms with Gasteiger partial charge in [0.25, 0.3) is 0 Å². The lowest BCUT2D eigenvalue weighted by atomic mass is 10.3. The van der Waals surface area contributed by atoms with Crippen molar-refractivity contribution in [1.29, 1.82) is 0 Å². The normalized spacial score (nSPS) is 12.9. The lowest BCUT2D eigenvalue weighted by Gasteiger charge is -2.11. The van der Waals surface area contributed by atoms with Crippen LogP contribution in [0, 0.1) is 6.92 Å². The lowest BCUT2D eigenvalue weighted by Crippen LogP contribution is -2.14. The topological polar surface area (TPSA) is 75.1 Å². The number of rotatable bonds is 4. The number of nitrogens with zero attached hydrogens (tertiary/aromatic N) is 2. The Morgan fingerprint density at radius 3 is 2.80 bits per heavy atom. The second-order valence-electron chi connectivity index (χ2n) is 3.58. The summed E-state index contributed by atoms with van der Waals surface area (Å²) >= 11 is -1.90. The van der Waals surface area contributed by atoms with E-state index in [1.807, 2.05) is 20.8 Å². The van der Waals surface area contributed by atoms with Crippen molar-refractivity contribution < 1.29 is 8.76 Å². The molecular formula is C9H15N3O2S. The monoisotopic (exact) mass is 229 g/mol. The van der Waals surface area contributed by atoms with Crippen LogP contribution in [0.5, 0.6) is 0 Å². The maximum absolute atomic E-state index is 10.6. The van der Waals surface area contributed by atoms with E-state index in [4.69, 9.17) is 4.55 Å². The maximum atomic E-state index is 10.6. The van der Waals surface area contributed by atoms with Crippen LogP contribution in [0.3, 0.4) is 0 Å². The summed E-state index contributed by atoms with van der Waals surface area (Å²) in [5.74, 6) is 1.07. The van der Waals surface area contributed by atoms with E-state index < -0.39 is 11.1 Å². The summed E-state index contributed by atoms with van der Waals surface area (Å²) in [6.45, 7) is 5.90. The fourth-order valence-electron chi connectivity index (χ4n) is 1.08. The molecule has 0 amide bonds. The number of aryl methyl sites for hydroxylation is 1. The highest BCUT2D eigenvalue weighted by Gasteiger charge is 2.06. The van der Waals surface area contributed by atoms with Gasteiger partial charge in [0.15, 0.2) is 11.1 Å². The van der Waals surface area contributed by atoms with Crippen LogP contribution in [0.2, 0.25) is 0 Å². The second kappa shape index (κ2) is 5.18. The molecule has 0 aliphatic heterocycles. The number of aromatic nitrogens is 2. The minimum Gasteiger partial charge on any atom is -0.368 e. The third-order valence-corrected chi connectivity index (χ3v) is 2.20. The van der Waals surface area contributed by atoms with E-state index in [9.17, 15) is 4.21 Å². The third kappa shape index (κ3) is 3.93. The Balaban J connectivity index is 2.89. The van der Waals surface area contributed by atoms with Crippen molar-refractivity contribution in [2.24, 2.45) is 0 Å². The molecule has 2 N–H and O–H groups in total. The molecule has 6 heteroatoms. The molecule has 5 nitrogen and oxygen atoms in total. The lowest BCUT2D eigenvalue weighted by molar-refractivity contribution is 0.562. The minimum absolute atomic E-state index is 0.0347. The van der Waals surface area contributed by atoms with Crippen molar-refractivity contribution in [2.45, 2.75) is 32.6 Å². The van der Waals surface area contributed by atoms with E-state index >= 15 is 0 Å². The zero-order valence-electron chi connectivity index (χ0n) is 9.02. The standard InChI is InChI=1S/C9H15N3O2S/c1-6(2)11-9-7(3)4-10-8(12-9)5-15(13)14/h4,6H,5H2,1-3H3,(H,13,14)(H,10,11,12). The Labute approximate surface area is 91.6 Å². The number of anilines is 1. The Morgan fingerprint density at radius 2 is 2.27 bits per heavy atom.